The predicted octanol–water partition coefficient (Wildman–Crippen LogP) is 5.10. The van der Waals surface area contributed by atoms with Crippen molar-refractivity contribution in [2.24, 2.45) is 7.05 Å². The third kappa shape index (κ3) is 1.91. The van der Waals surface area contributed by atoms with Crippen LogP contribution < -0.4 is 4.57 Å². The van der Waals surface area contributed by atoms with E-state index in [0.29, 0.717) is 0 Å². The highest BCUT2D eigenvalue weighted by Crippen LogP contribution is 2.53. The van der Waals surface area contributed by atoms with Gasteiger partial charge in [-0.2, -0.15) is 0 Å². The maximum atomic E-state index is 2.36. The molecule has 0 radical (unpaired) electrons. The number of aryl methyl sites for hydroxylation is 3. The molecular formula is C23H24N+. The molecule has 1 aromatic heterocycles. The molecule has 0 spiro atoms. The number of nitrogens with zero attached hydrogens (tertiary/aromatic N) is 1. The van der Waals surface area contributed by atoms with E-state index in [0.717, 1.165) is 0 Å². The summed E-state index contributed by atoms with van der Waals surface area (Å²) >= 11 is 0. The van der Waals surface area contributed by atoms with Crippen molar-refractivity contribution >= 4 is 0 Å². The summed E-state index contributed by atoms with van der Waals surface area (Å²) in [5, 5.41) is 0. The Labute approximate surface area is 144 Å². The zero-order valence-electron chi connectivity index (χ0n) is 15.1. The molecule has 1 nitrogen and oxygen atoms in total. The van der Waals surface area contributed by atoms with Crippen molar-refractivity contribution in [1.82, 2.24) is 0 Å². The Balaban J connectivity index is 2.17. The van der Waals surface area contributed by atoms with Crippen LogP contribution in [0.4, 0.5) is 0 Å². The highest BCUT2D eigenvalue weighted by atomic mass is 14.9. The molecule has 0 saturated carbocycles. The first-order chi connectivity index (χ1) is 11.4. The number of hydrogen-bond acceptors (Lipinski definition) is 0. The minimum absolute atomic E-state index is 0.0148. The van der Waals surface area contributed by atoms with Gasteiger partial charge >= 0.3 is 0 Å². The third-order valence-corrected chi connectivity index (χ3v) is 5.53. The minimum atomic E-state index is 0.0148. The molecule has 120 valence electrons. The lowest BCUT2D eigenvalue weighted by Crippen LogP contribution is -2.31. The Bertz CT molecular complexity index is 964. The number of hydrogen-bond donors (Lipinski definition) is 0. The Kier molecular flexibility index (Phi) is 3.18. The van der Waals surface area contributed by atoms with Gasteiger partial charge in [-0.1, -0.05) is 44.2 Å². The highest BCUT2D eigenvalue weighted by molar-refractivity contribution is 5.90. The van der Waals surface area contributed by atoms with Crippen LogP contribution in [0.25, 0.3) is 22.4 Å². The average Bonchev–Trinajstić information content (AvgIpc) is 2.78. The summed E-state index contributed by atoms with van der Waals surface area (Å²) in [6.45, 7) is 9.22. The smallest absolute Gasteiger partial charge is 0.201 e. The lowest BCUT2D eigenvalue weighted by Gasteiger charge is -2.25. The third-order valence-electron chi connectivity index (χ3n) is 5.53. The van der Waals surface area contributed by atoms with Crippen LogP contribution >= 0.6 is 0 Å². The van der Waals surface area contributed by atoms with E-state index < -0.39 is 0 Å². The summed E-state index contributed by atoms with van der Waals surface area (Å²) < 4.78 is 2.23. The van der Waals surface area contributed by atoms with Crippen molar-refractivity contribution in [3.05, 3.63) is 77.0 Å². The zero-order valence-corrected chi connectivity index (χ0v) is 15.1. The largest absolute Gasteiger partial charge is 0.212 e. The number of rotatable bonds is 1. The van der Waals surface area contributed by atoms with E-state index in [-0.39, 0.29) is 5.41 Å². The van der Waals surface area contributed by atoms with Gasteiger partial charge in [-0.05, 0) is 53.3 Å². The van der Waals surface area contributed by atoms with Crippen molar-refractivity contribution in [2.75, 3.05) is 0 Å². The van der Waals surface area contributed by atoms with Crippen molar-refractivity contribution in [3.8, 4) is 22.4 Å². The second kappa shape index (κ2) is 5.04. The van der Waals surface area contributed by atoms with Crippen LogP contribution in [0.15, 0.2) is 54.7 Å². The molecule has 1 heterocycles. The summed E-state index contributed by atoms with van der Waals surface area (Å²) in [5.41, 5.74) is 11.2. The number of aromatic nitrogens is 1. The number of pyridine rings is 1. The molecule has 0 aliphatic heterocycles. The maximum Gasteiger partial charge on any atom is 0.212 e. The Morgan fingerprint density at radius 1 is 0.833 bits per heavy atom. The van der Waals surface area contributed by atoms with Crippen molar-refractivity contribution in [1.29, 1.82) is 0 Å². The van der Waals surface area contributed by atoms with Crippen LogP contribution in [0, 0.1) is 13.8 Å². The number of fused-ring (bicyclic) bond motifs is 3. The lowest BCUT2D eigenvalue weighted by molar-refractivity contribution is -0.660. The maximum absolute atomic E-state index is 2.36. The molecule has 0 unspecified atom stereocenters. The molecule has 4 rings (SSSR count). The van der Waals surface area contributed by atoms with E-state index >= 15 is 0 Å². The first-order valence-electron chi connectivity index (χ1n) is 8.62. The molecule has 2 aromatic carbocycles. The van der Waals surface area contributed by atoms with Gasteiger partial charge in [-0.15, -0.1) is 0 Å². The molecule has 0 amide bonds. The number of benzene rings is 2. The fourth-order valence-electron chi connectivity index (χ4n) is 4.45. The minimum Gasteiger partial charge on any atom is -0.201 e. The Hall–Kier alpha value is -2.41. The van der Waals surface area contributed by atoms with Crippen LogP contribution in [0.3, 0.4) is 0 Å². The molecule has 1 aliphatic carbocycles. The van der Waals surface area contributed by atoms with Crippen LogP contribution in [0.1, 0.15) is 36.1 Å². The van der Waals surface area contributed by atoms with E-state index in [1.54, 1.807) is 0 Å². The first kappa shape index (κ1) is 15.1. The van der Waals surface area contributed by atoms with Gasteiger partial charge in [0, 0.05) is 17.5 Å². The summed E-state index contributed by atoms with van der Waals surface area (Å²) in [5.74, 6) is 0. The van der Waals surface area contributed by atoms with Gasteiger partial charge in [-0.3, -0.25) is 0 Å². The summed E-state index contributed by atoms with van der Waals surface area (Å²) in [4.78, 5) is 0. The van der Waals surface area contributed by atoms with Crippen LogP contribution in [0.5, 0.6) is 0 Å². The van der Waals surface area contributed by atoms with Gasteiger partial charge < -0.3 is 0 Å². The summed E-state index contributed by atoms with van der Waals surface area (Å²) in [6.07, 6.45) is 2.14. The lowest BCUT2D eigenvalue weighted by atomic mass is 9.77. The molecule has 0 atom stereocenters. The van der Waals surface area contributed by atoms with Gasteiger partial charge in [0.1, 0.15) is 7.05 Å². The molecular weight excluding hydrogens is 290 g/mol. The van der Waals surface area contributed by atoms with Crippen molar-refractivity contribution < 1.29 is 4.57 Å². The van der Waals surface area contributed by atoms with E-state index in [1.165, 1.54) is 44.6 Å². The van der Waals surface area contributed by atoms with E-state index in [9.17, 15) is 0 Å². The SMILES string of the molecule is Cc1cc(C)c(-c2cccc[n+]2C)c2c1-c1ccccc1C2(C)C. The molecule has 1 heteroatoms. The molecule has 1 aliphatic rings. The summed E-state index contributed by atoms with van der Waals surface area (Å²) in [7, 11) is 2.14. The van der Waals surface area contributed by atoms with Crippen molar-refractivity contribution in [3.63, 3.8) is 0 Å². The van der Waals surface area contributed by atoms with Crippen LogP contribution in [-0.4, -0.2) is 0 Å². The molecule has 3 aromatic rings. The van der Waals surface area contributed by atoms with Crippen molar-refractivity contribution in [2.45, 2.75) is 33.1 Å². The van der Waals surface area contributed by atoms with Gasteiger partial charge in [0.15, 0.2) is 6.20 Å². The molecule has 0 fully saturated rings. The molecule has 0 N–H and O–H groups in total. The van der Waals surface area contributed by atoms with E-state index in [4.69, 9.17) is 0 Å². The monoisotopic (exact) mass is 314 g/mol. The normalized spacial score (nSPS) is 14.4. The zero-order chi connectivity index (χ0) is 17.1. The molecule has 0 bridgehead atoms. The average molecular weight is 314 g/mol. The van der Waals surface area contributed by atoms with Gasteiger partial charge in [0.25, 0.3) is 0 Å². The summed E-state index contributed by atoms with van der Waals surface area (Å²) in [6, 6.07) is 17.7. The van der Waals surface area contributed by atoms with Crippen LogP contribution in [0.2, 0.25) is 0 Å². The fourth-order valence-corrected chi connectivity index (χ4v) is 4.45. The second-order valence-corrected chi connectivity index (χ2v) is 7.50. The van der Waals surface area contributed by atoms with Gasteiger partial charge in [0.2, 0.25) is 5.69 Å². The molecule has 0 saturated heterocycles. The quantitative estimate of drug-likeness (QED) is 0.550. The Morgan fingerprint density at radius 3 is 2.25 bits per heavy atom. The van der Waals surface area contributed by atoms with Crippen LogP contribution in [-0.2, 0) is 12.5 Å². The first-order valence-corrected chi connectivity index (χ1v) is 8.62. The topological polar surface area (TPSA) is 3.88 Å². The fraction of sp³-hybridized carbons (Fsp3) is 0.261. The van der Waals surface area contributed by atoms with Gasteiger partial charge in [-0.25, -0.2) is 4.57 Å². The molecule has 24 heavy (non-hydrogen) atoms. The predicted molar refractivity (Wildman–Crippen MR) is 100 cm³/mol. The standard InChI is InChI=1S/C23H24N/c1-15-14-16(2)21(19-12-8-9-13-24(19)5)22-20(15)17-10-6-7-11-18(17)23(22,3)4/h6-14H,1-5H3/q+1. The Morgan fingerprint density at radius 2 is 1.50 bits per heavy atom. The van der Waals surface area contributed by atoms with Gasteiger partial charge in [0.05, 0.1) is 5.56 Å². The van der Waals surface area contributed by atoms with E-state index in [2.05, 4.69) is 94.0 Å². The van der Waals surface area contributed by atoms with E-state index in [1.807, 2.05) is 0 Å². The second-order valence-electron chi connectivity index (χ2n) is 7.50. The highest BCUT2D eigenvalue weighted by Gasteiger charge is 2.40.